The van der Waals surface area contributed by atoms with Crippen LogP contribution in [0.1, 0.15) is 13.3 Å². The van der Waals surface area contributed by atoms with Gasteiger partial charge >= 0.3 is 5.97 Å². The van der Waals surface area contributed by atoms with E-state index in [9.17, 15) is 14.7 Å². The van der Waals surface area contributed by atoms with Gasteiger partial charge in [-0.1, -0.05) is 12.2 Å². The van der Waals surface area contributed by atoms with E-state index in [0.29, 0.717) is 0 Å². The van der Waals surface area contributed by atoms with E-state index in [1.807, 2.05) is 22.7 Å². The van der Waals surface area contributed by atoms with Gasteiger partial charge in [-0.15, -0.1) is 0 Å². The van der Waals surface area contributed by atoms with Gasteiger partial charge in [0.1, 0.15) is 0 Å². The van der Waals surface area contributed by atoms with Crippen LogP contribution in [0.5, 0.6) is 0 Å². The summed E-state index contributed by atoms with van der Waals surface area (Å²) in [5, 5.41) is 9.41. The summed E-state index contributed by atoms with van der Waals surface area (Å²) < 4.78 is 0. The molecular formula is C14H19NO3S. The number of rotatable bonds is 2. The van der Waals surface area contributed by atoms with Gasteiger partial charge in [0.2, 0.25) is 5.91 Å². The molecular weight excluding hydrogens is 262 g/mol. The Balaban J connectivity index is 1.82. The summed E-state index contributed by atoms with van der Waals surface area (Å²) >= 11 is 1.86. The zero-order valence-corrected chi connectivity index (χ0v) is 11.8. The molecule has 0 radical (unpaired) electrons. The third-order valence-corrected chi connectivity index (χ3v) is 5.87. The van der Waals surface area contributed by atoms with Crippen molar-refractivity contribution in [3.05, 3.63) is 12.2 Å². The fourth-order valence-corrected chi connectivity index (χ4v) is 4.76. The molecule has 1 heterocycles. The summed E-state index contributed by atoms with van der Waals surface area (Å²) in [5.74, 6) is 0.532. The maximum Gasteiger partial charge on any atom is 0.307 e. The number of allylic oxidation sites excluding steroid dienone is 2. The maximum absolute atomic E-state index is 12.7. The van der Waals surface area contributed by atoms with Gasteiger partial charge in [-0.25, -0.2) is 0 Å². The molecule has 2 fully saturated rings. The summed E-state index contributed by atoms with van der Waals surface area (Å²) in [6, 6.07) is 0.226. The Morgan fingerprint density at radius 2 is 1.95 bits per heavy atom. The number of nitrogens with zero attached hydrogens (tertiary/aromatic N) is 1. The van der Waals surface area contributed by atoms with Gasteiger partial charge < -0.3 is 10.0 Å². The van der Waals surface area contributed by atoms with E-state index < -0.39 is 11.9 Å². The maximum atomic E-state index is 12.7. The van der Waals surface area contributed by atoms with Crippen molar-refractivity contribution >= 4 is 23.6 Å². The first-order chi connectivity index (χ1) is 9.09. The molecule has 0 aromatic heterocycles. The first-order valence-corrected chi connectivity index (χ1v) is 8.04. The highest BCUT2D eigenvalue weighted by atomic mass is 32.2. The van der Waals surface area contributed by atoms with Crippen molar-refractivity contribution in [2.75, 3.05) is 18.1 Å². The van der Waals surface area contributed by atoms with Crippen LogP contribution < -0.4 is 0 Å². The van der Waals surface area contributed by atoms with Gasteiger partial charge in [0.25, 0.3) is 0 Å². The standard InChI is InChI=1S/C14H19NO3S/c1-8-7-19-5-4-15(8)13(16)11-9-2-3-10(6-9)12(11)14(17)18/h2-3,8-12H,4-7H2,1H3,(H,17,18). The molecule has 2 bridgehead atoms. The van der Waals surface area contributed by atoms with Gasteiger partial charge in [-0.2, -0.15) is 11.8 Å². The molecule has 1 amide bonds. The summed E-state index contributed by atoms with van der Waals surface area (Å²) in [6.45, 7) is 2.82. The van der Waals surface area contributed by atoms with Gasteiger partial charge in [0.15, 0.2) is 0 Å². The monoisotopic (exact) mass is 281 g/mol. The molecule has 104 valence electrons. The first kappa shape index (κ1) is 13.0. The van der Waals surface area contributed by atoms with Crippen molar-refractivity contribution in [1.82, 2.24) is 4.90 Å². The normalized spacial score (nSPS) is 40.7. The quantitative estimate of drug-likeness (QED) is 0.779. The predicted molar refractivity (Wildman–Crippen MR) is 73.9 cm³/mol. The zero-order chi connectivity index (χ0) is 13.6. The minimum atomic E-state index is -0.811. The van der Waals surface area contributed by atoms with E-state index in [4.69, 9.17) is 0 Å². The van der Waals surface area contributed by atoms with Crippen LogP contribution in [0.25, 0.3) is 0 Å². The van der Waals surface area contributed by atoms with Crippen molar-refractivity contribution in [2.24, 2.45) is 23.7 Å². The Hall–Kier alpha value is -0.970. The molecule has 1 aliphatic heterocycles. The molecule has 3 rings (SSSR count). The number of carbonyl (C=O) groups is 2. The number of amides is 1. The van der Waals surface area contributed by atoms with E-state index in [2.05, 4.69) is 13.0 Å². The summed E-state index contributed by atoms with van der Waals surface area (Å²) in [5.41, 5.74) is 0. The lowest BCUT2D eigenvalue weighted by Crippen LogP contribution is -2.50. The van der Waals surface area contributed by atoms with E-state index in [0.717, 1.165) is 24.5 Å². The smallest absolute Gasteiger partial charge is 0.307 e. The molecule has 0 spiro atoms. The number of fused-ring (bicyclic) bond motifs is 2. The third-order valence-electron chi connectivity index (χ3n) is 4.68. The van der Waals surface area contributed by atoms with E-state index in [1.54, 1.807) is 0 Å². The van der Waals surface area contributed by atoms with Crippen molar-refractivity contribution < 1.29 is 14.7 Å². The summed E-state index contributed by atoms with van der Waals surface area (Å²) in [7, 11) is 0. The second kappa shape index (κ2) is 4.85. The van der Waals surface area contributed by atoms with Crippen molar-refractivity contribution in [2.45, 2.75) is 19.4 Å². The molecule has 3 aliphatic rings. The van der Waals surface area contributed by atoms with Crippen molar-refractivity contribution in [3.8, 4) is 0 Å². The van der Waals surface area contributed by atoms with E-state index in [1.165, 1.54) is 0 Å². The molecule has 0 aromatic carbocycles. The number of carbonyl (C=O) groups excluding carboxylic acids is 1. The number of thioether (sulfide) groups is 1. The topological polar surface area (TPSA) is 57.6 Å². The van der Waals surface area contributed by atoms with Crippen LogP contribution in [0.3, 0.4) is 0 Å². The molecule has 4 nitrogen and oxygen atoms in total. The van der Waals surface area contributed by atoms with Gasteiger partial charge in [0.05, 0.1) is 11.8 Å². The highest BCUT2D eigenvalue weighted by Gasteiger charge is 2.53. The molecule has 5 unspecified atom stereocenters. The first-order valence-electron chi connectivity index (χ1n) is 6.89. The molecule has 1 saturated carbocycles. The van der Waals surface area contributed by atoms with E-state index in [-0.39, 0.29) is 29.7 Å². The Morgan fingerprint density at radius 1 is 1.26 bits per heavy atom. The lowest BCUT2D eigenvalue weighted by molar-refractivity contribution is -0.151. The number of aliphatic carboxylic acids is 1. The lowest BCUT2D eigenvalue weighted by atomic mass is 9.82. The minimum absolute atomic E-state index is 0.0610. The highest BCUT2D eigenvalue weighted by molar-refractivity contribution is 7.99. The molecule has 19 heavy (non-hydrogen) atoms. The third kappa shape index (κ3) is 2.08. The second-order valence-electron chi connectivity index (χ2n) is 5.79. The largest absolute Gasteiger partial charge is 0.481 e. The fraction of sp³-hybridized carbons (Fsp3) is 0.714. The average Bonchev–Trinajstić information content (AvgIpc) is 2.98. The van der Waals surface area contributed by atoms with E-state index >= 15 is 0 Å². The molecule has 0 aromatic rings. The molecule has 1 N–H and O–H groups in total. The summed E-state index contributed by atoms with van der Waals surface area (Å²) in [6.07, 6.45) is 4.88. The minimum Gasteiger partial charge on any atom is -0.481 e. The van der Waals surface area contributed by atoms with Crippen LogP contribution in [0.15, 0.2) is 12.2 Å². The van der Waals surface area contributed by atoms with Crippen LogP contribution in [0, 0.1) is 23.7 Å². The Kier molecular flexibility index (Phi) is 3.33. The fourth-order valence-electron chi connectivity index (χ4n) is 3.74. The van der Waals surface area contributed by atoms with Gasteiger partial charge in [-0.3, -0.25) is 9.59 Å². The second-order valence-corrected chi connectivity index (χ2v) is 6.94. The van der Waals surface area contributed by atoms with Gasteiger partial charge in [0, 0.05) is 24.1 Å². The summed E-state index contributed by atoms with van der Waals surface area (Å²) in [4.78, 5) is 26.1. The number of hydrogen-bond donors (Lipinski definition) is 1. The van der Waals surface area contributed by atoms with Crippen molar-refractivity contribution in [3.63, 3.8) is 0 Å². The lowest BCUT2D eigenvalue weighted by Gasteiger charge is -2.37. The number of carboxylic acid groups (broad SMARTS) is 1. The van der Waals surface area contributed by atoms with Crippen molar-refractivity contribution in [1.29, 1.82) is 0 Å². The van der Waals surface area contributed by atoms with Gasteiger partial charge in [-0.05, 0) is 25.2 Å². The number of hydrogen-bond acceptors (Lipinski definition) is 3. The van der Waals surface area contributed by atoms with Crippen LogP contribution >= 0.6 is 11.8 Å². The molecule has 5 atom stereocenters. The Morgan fingerprint density at radius 3 is 2.58 bits per heavy atom. The Labute approximate surface area is 117 Å². The van der Waals surface area contributed by atoms with Crippen LogP contribution in [0.2, 0.25) is 0 Å². The molecule has 1 saturated heterocycles. The SMILES string of the molecule is CC1CSCCN1C(=O)C1C2C=CC(C2)C1C(=O)O. The zero-order valence-electron chi connectivity index (χ0n) is 11.0. The predicted octanol–water partition coefficient (Wildman–Crippen LogP) is 1.47. The Bertz CT molecular complexity index is 436. The average molecular weight is 281 g/mol. The number of carboxylic acids is 1. The molecule has 2 aliphatic carbocycles. The highest BCUT2D eigenvalue weighted by Crippen LogP contribution is 2.49. The van der Waals surface area contributed by atoms with Crippen LogP contribution in [-0.2, 0) is 9.59 Å². The van der Waals surface area contributed by atoms with Crippen LogP contribution in [0.4, 0.5) is 0 Å². The molecule has 5 heteroatoms. The van der Waals surface area contributed by atoms with Crippen LogP contribution in [-0.4, -0.2) is 46.0 Å².